The molecule has 112 valence electrons. The molecular formula is C17H15Cl2N3. The van der Waals surface area contributed by atoms with E-state index in [1.54, 1.807) is 6.07 Å². The molecule has 0 saturated heterocycles. The Balaban J connectivity index is 1.74. The Hall–Kier alpha value is -1.58. The summed E-state index contributed by atoms with van der Waals surface area (Å²) in [5, 5.41) is 1.06. The number of hydrogen-bond acceptors (Lipinski definition) is 2. The van der Waals surface area contributed by atoms with Crippen molar-refractivity contribution < 1.29 is 0 Å². The molecule has 2 aliphatic heterocycles. The largest absolute Gasteiger partial charge is 0.349 e. The summed E-state index contributed by atoms with van der Waals surface area (Å²) in [4.78, 5) is 9.25. The van der Waals surface area contributed by atoms with Crippen LogP contribution in [0.2, 0.25) is 10.0 Å². The predicted octanol–water partition coefficient (Wildman–Crippen LogP) is 5.47. The van der Waals surface area contributed by atoms with Crippen LogP contribution in [0.1, 0.15) is 31.7 Å². The molecule has 22 heavy (non-hydrogen) atoms. The van der Waals surface area contributed by atoms with Crippen molar-refractivity contribution in [2.45, 2.75) is 31.7 Å². The number of imidazole rings is 1. The van der Waals surface area contributed by atoms with Crippen molar-refractivity contribution in [1.29, 1.82) is 0 Å². The number of halogens is 2. The summed E-state index contributed by atoms with van der Waals surface area (Å²) in [6.07, 6.45) is 9.37. The molecule has 0 N–H and O–H groups in total. The first kappa shape index (κ1) is 14.0. The van der Waals surface area contributed by atoms with Crippen LogP contribution >= 0.6 is 23.2 Å². The van der Waals surface area contributed by atoms with Crippen LogP contribution in [-0.2, 0) is 0 Å². The van der Waals surface area contributed by atoms with Gasteiger partial charge in [0.1, 0.15) is 5.69 Å². The molecule has 1 aliphatic carbocycles. The van der Waals surface area contributed by atoms with Gasteiger partial charge in [-0.3, -0.25) is 0 Å². The van der Waals surface area contributed by atoms with Crippen LogP contribution in [0.5, 0.6) is 0 Å². The van der Waals surface area contributed by atoms with Crippen LogP contribution in [0.25, 0.3) is 22.8 Å². The molecule has 2 heterocycles. The lowest BCUT2D eigenvalue weighted by atomic mass is 10.2. The number of aromatic nitrogens is 3. The summed E-state index contributed by atoms with van der Waals surface area (Å²) < 4.78 is 2.28. The van der Waals surface area contributed by atoms with Crippen molar-refractivity contribution in [1.82, 2.24) is 14.5 Å². The molecule has 1 fully saturated rings. The normalized spacial score (nSPS) is 15.7. The van der Waals surface area contributed by atoms with Crippen LogP contribution in [0.15, 0.2) is 36.7 Å². The Labute approximate surface area is 139 Å². The molecule has 1 saturated carbocycles. The number of nitrogens with zero attached hydrogens (tertiary/aromatic N) is 3. The molecule has 0 bridgehead atoms. The molecule has 0 radical (unpaired) electrons. The fraction of sp³-hybridized carbons (Fsp3) is 0.294. The predicted molar refractivity (Wildman–Crippen MR) is 89.6 cm³/mol. The highest BCUT2D eigenvalue weighted by Crippen LogP contribution is 2.33. The van der Waals surface area contributed by atoms with Crippen molar-refractivity contribution in [2.24, 2.45) is 0 Å². The van der Waals surface area contributed by atoms with E-state index in [1.165, 1.54) is 25.7 Å². The molecule has 0 amide bonds. The zero-order valence-electron chi connectivity index (χ0n) is 12.0. The van der Waals surface area contributed by atoms with E-state index >= 15 is 0 Å². The summed E-state index contributed by atoms with van der Waals surface area (Å²) in [7, 11) is 0. The van der Waals surface area contributed by atoms with Gasteiger partial charge in [0.2, 0.25) is 0 Å². The molecule has 3 nitrogen and oxygen atoms in total. The molecule has 0 aromatic heterocycles. The second-order valence-corrected chi connectivity index (χ2v) is 6.59. The van der Waals surface area contributed by atoms with Gasteiger partial charge in [-0.2, -0.15) is 0 Å². The van der Waals surface area contributed by atoms with Gasteiger partial charge in [-0.05, 0) is 37.1 Å². The van der Waals surface area contributed by atoms with Gasteiger partial charge in [0.05, 0.1) is 15.7 Å². The molecule has 0 atom stereocenters. The maximum Gasteiger partial charge on any atom is 0.160 e. The van der Waals surface area contributed by atoms with E-state index in [9.17, 15) is 0 Å². The topological polar surface area (TPSA) is 30.7 Å². The summed E-state index contributed by atoms with van der Waals surface area (Å²) in [6, 6.07) is 8.13. The summed E-state index contributed by atoms with van der Waals surface area (Å²) in [6.45, 7) is 0. The minimum atomic E-state index is 0.522. The molecular weight excluding hydrogens is 317 g/mol. The number of fused-ring (bicyclic) bond motifs is 1. The average molecular weight is 332 g/mol. The first-order valence-electron chi connectivity index (χ1n) is 7.51. The minimum Gasteiger partial charge on any atom is -0.349 e. The quantitative estimate of drug-likeness (QED) is 0.623. The van der Waals surface area contributed by atoms with Gasteiger partial charge in [0.25, 0.3) is 0 Å². The van der Waals surface area contributed by atoms with Crippen LogP contribution in [0.4, 0.5) is 0 Å². The molecule has 0 unspecified atom stereocenters. The SMILES string of the molecule is Clc1ccc(-c2nc3ccn(C4CCCC4)cc-3n2)cc1Cl. The van der Waals surface area contributed by atoms with E-state index < -0.39 is 0 Å². The van der Waals surface area contributed by atoms with Gasteiger partial charge in [-0.15, -0.1) is 0 Å². The van der Waals surface area contributed by atoms with Gasteiger partial charge in [-0.25, -0.2) is 9.97 Å². The molecule has 4 rings (SSSR count). The van der Waals surface area contributed by atoms with Gasteiger partial charge < -0.3 is 4.57 Å². The third-order valence-corrected chi connectivity index (χ3v) is 5.05. The van der Waals surface area contributed by atoms with Crippen LogP contribution in [0, 0.1) is 0 Å². The maximum absolute atomic E-state index is 6.08. The Bertz CT molecular complexity index is 791. The Morgan fingerprint density at radius 3 is 2.50 bits per heavy atom. The fourth-order valence-corrected chi connectivity index (χ4v) is 3.42. The summed E-state index contributed by atoms with van der Waals surface area (Å²) in [5.74, 6) is 0.692. The van der Waals surface area contributed by atoms with E-state index in [1.807, 2.05) is 18.2 Å². The van der Waals surface area contributed by atoms with E-state index in [4.69, 9.17) is 23.2 Å². The lowest BCUT2D eigenvalue weighted by Crippen LogP contribution is -2.04. The van der Waals surface area contributed by atoms with Crippen LogP contribution < -0.4 is 0 Å². The van der Waals surface area contributed by atoms with Crippen LogP contribution in [0.3, 0.4) is 0 Å². The molecule has 3 aliphatic rings. The average Bonchev–Trinajstić information content (AvgIpc) is 3.17. The Morgan fingerprint density at radius 1 is 0.955 bits per heavy atom. The van der Waals surface area contributed by atoms with Crippen molar-refractivity contribution in [3.05, 3.63) is 46.7 Å². The zero-order valence-corrected chi connectivity index (χ0v) is 13.5. The lowest BCUT2D eigenvalue weighted by Gasteiger charge is -2.14. The maximum atomic E-state index is 6.08. The van der Waals surface area contributed by atoms with E-state index in [0.717, 1.165) is 17.0 Å². The zero-order chi connectivity index (χ0) is 15.1. The molecule has 1 aromatic rings. The molecule has 0 spiro atoms. The van der Waals surface area contributed by atoms with Crippen molar-refractivity contribution in [3.8, 4) is 22.8 Å². The lowest BCUT2D eigenvalue weighted by molar-refractivity contribution is 0.516. The molecule has 5 heteroatoms. The van der Waals surface area contributed by atoms with Crippen LogP contribution in [-0.4, -0.2) is 14.5 Å². The van der Waals surface area contributed by atoms with E-state index in [0.29, 0.717) is 21.9 Å². The van der Waals surface area contributed by atoms with Crippen molar-refractivity contribution in [2.75, 3.05) is 0 Å². The van der Waals surface area contributed by atoms with Crippen molar-refractivity contribution in [3.63, 3.8) is 0 Å². The highest BCUT2D eigenvalue weighted by Gasteiger charge is 2.19. The smallest absolute Gasteiger partial charge is 0.160 e. The summed E-state index contributed by atoms with van der Waals surface area (Å²) in [5.41, 5.74) is 2.73. The highest BCUT2D eigenvalue weighted by molar-refractivity contribution is 6.42. The first-order valence-corrected chi connectivity index (χ1v) is 8.27. The van der Waals surface area contributed by atoms with E-state index in [-0.39, 0.29) is 0 Å². The third-order valence-electron chi connectivity index (χ3n) is 4.32. The highest BCUT2D eigenvalue weighted by atomic mass is 35.5. The fourth-order valence-electron chi connectivity index (χ4n) is 3.12. The standard InChI is InChI=1S/C17H15Cl2N3/c18-13-6-5-11(9-14(13)19)17-20-15-7-8-22(10-16(15)21-17)12-3-1-2-4-12/h5-10,12H,1-4H2. The number of hydrogen-bond donors (Lipinski definition) is 0. The summed E-state index contributed by atoms with van der Waals surface area (Å²) >= 11 is 12.0. The van der Waals surface area contributed by atoms with Gasteiger partial charge in [-0.1, -0.05) is 36.0 Å². The second-order valence-electron chi connectivity index (χ2n) is 5.78. The second kappa shape index (κ2) is 5.56. The Kier molecular flexibility index (Phi) is 3.55. The number of pyridine rings is 1. The van der Waals surface area contributed by atoms with Gasteiger partial charge >= 0.3 is 0 Å². The monoisotopic (exact) mass is 331 g/mol. The Morgan fingerprint density at radius 2 is 1.73 bits per heavy atom. The number of rotatable bonds is 2. The minimum absolute atomic E-state index is 0.522. The van der Waals surface area contributed by atoms with Gasteiger partial charge in [0.15, 0.2) is 5.82 Å². The van der Waals surface area contributed by atoms with Gasteiger partial charge in [0, 0.05) is 24.0 Å². The molecule has 1 aromatic carbocycles. The number of benzene rings is 1. The van der Waals surface area contributed by atoms with Crippen molar-refractivity contribution >= 4 is 23.2 Å². The first-order chi connectivity index (χ1) is 10.7. The third kappa shape index (κ3) is 2.49. The van der Waals surface area contributed by atoms with E-state index in [2.05, 4.69) is 26.9 Å².